The van der Waals surface area contributed by atoms with Crippen LogP contribution in [-0.4, -0.2) is 38.8 Å². The maximum atomic E-state index is 13.1. The Morgan fingerprint density at radius 3 is 2.16 bits per heavy atom. The first-order valence-corrected chi connectivity index (χ1v) is 12.8. The Labute approximate surface area is 218 Å². The summed E-state index contributed by atoms with van der Waals surface area (Å²) < 4.78 is 35.1. The molecule has 0 atom stereocenters. The van der Waals surface area contributed by atoms with Crippen LogP contribution in [0.5, 0.6) is 5.75 Å². The molecule has 0 spiro atoms. The van der Waals surface area contributed by atoms with Crippen LogP contribution in [-0.2, 0) is 24.4 Å². The van der Waals surface area contributed by atoms with Crippen molar-refractivity contribution in [2.75, 3.05) is 11.5 Å². The Balaban J connectivity index is 1.54. The average molecular weight is 535 g/mol. The highest BCUT2D eigenvalue weighted by atomic mass is 32.2. The highest BCUT2D eigenvalue weighted by Crippen LogP contribution is 2.24. The van der Waals surface area contributed by atoms with E-state index in [0.29, 0.717) is 5.56 Å². The number of hydrogen-bond donors (Lipinski definition) is 1. The largest absolute Gasteiger partial charge is 0.462 e. The number of hydrogen-bond acceptors (Lipinski definition) is 8. The minimum atomic E-state index is -4.05. The first kappa shape index (κ1) is 26.3. The molecule has 38 heavy (non-hydrogen) atoms. The van der Waals surface area contributed by atoms with Crippen molar-refractivity contribution in [2.45, 2.75) is 18.7 Å². The Hall–Kier alpha value is -4.77. The van der Waals surface area contributed by atoms with E-state index in [2.05, 4.69) is 5.32 Å². The van der Waals surface area contributed by atoms with Crippen molar-refractivity contribution >= 4 is 45.7 Å². The molecular weight excluding hydrogens is 512 g/mol. The van der Waals surface area contributed by atoms with Crippen LogP contribution in [0.15, 0.2) is 83.3 Å². The molecule has 10 nitrogen and oxygen atoms in total. The molecule has 4 rings (SSSR count). The van der Waals surface area contributed by atoms with E-state index in [1.165, 1.54) is 66.7 Å². The van der Waals surface area contributed by atoms with Gasteiger partial charge in [0.05, 0.1) is 17.9 Å². The Morgan fingerprint density at radius 2 is 1.55 bits per heavy atom. The monoisotopic (exact) mass is 534 g/mol. The van der Waals surface area contributed by atoms with Crippen molar-refractivity contribution in [3.63, 3.8) is 0 Å². The fourth-order valence-corrected chi connectivity index (χ4v) is 4.45. The lowest BCUT2D eigenvalue weighted by Crippen LogP contribution is -2.54. The third-order valence-corrected chi connectivity index (χ3v) is 6.71. The van der Waals surface area contributed by atoms with Gasteiger partial charge in [0.2, 0.25) is 0 Å². The molecule has 194 valence electrons. The second-order valence-electron chi connectivity index (χ2n) is 8.14. The Bertz CT molecular complexity index is 1540. The van der Waals surface area contributed by atoms with E-state index in [0.717, 1.165) is 10.5 Å². The first-order chi connectivity index (χ1) is 18.1. The van der Waals surface area contributed by atoms with Gasteiger partial charge in [-0.05, 0) is 74.0 Å². The Morgan fingerprint density at radius 1 is 0.921 bits per heavy atom. The number of aryl methyl sites for hydroxylation is 1. The summed E-state index contributed by atoms with van der Waals surface area (Å²) in [6.07, 6.45) is 1.27. The van der Waals surface area contributed by atoms with Crippen molar-refractivity contribution in [3.8, 4) is 5.75 Å². The molecule has 0 radical (unpaired) electrons. The summed E-state index contributed by atoms with van der Waals surface area (Å²) >= 11 is 0. The SMILES string of the molecule is CCOC(=O)c1ccc(N2C(=O)NC(=O)/C(=C\c3ccc(OS(=O)(=O)c4ccc(C)cc4)cc3)C2=O)cc1. The van der Waals surface area contributed by atoms with Crippen molar-refractivity contribution in [1.29, 1.82) is 0 Å². The molecular formula is C27H22N2O8S. The van der Waals surface area contributed by atoms with Crippen molar-refractivity contribution in [3.05, 3.63) is 95.1 Å². The molecule has 0 unspecified atom stereocenters. The quantitative estimate of drug-likeness (QED) is 0.210. The minimum absolute atomic E-state index is 0.00110. The van der Waals surface area contributed by atoms with E-state index in [1.807, 2.05) is 6.92 Å². The van der Waals surface area contributed by atoms with Crippen LogP contribution in [0.1, 0.15) is 28.4 Å². The number of imide groups is 2. The fraction of sp³-hybridized carbons (Fsp3) is 0.111. The van der Waals surface area contributed by atoms with Gasteiger partial charge >= 0.3 is 22.1 Å². The lowest BCUT2D eigenvalue weighted by atomic mass is 10.1. The highest BCUT2D eigenvalue weighted by molar-refractivity contribution is 7.87. The fourth-order valence-electron chi connectivity index (χ4n) is 3.52. The number of rotatable bonds is 7. The summed E-state index contributed by atoms with van der Waals surface area (Å²) in [4.78, 5) is 50.6. The smallest absolute Gasteiger partial charge is 0.339 e. The van der Waals surface area contributed by atoms with Gasteiger partial charge in [-0.1, -0.05) is 29.8 Å². The maximum absolute atomic E-state index is 13.1. The first-order valence-electron chi connectivity index (χ1n) is 11.4. The van der Waals surface area contributed by atoms with E-state index in [-0.39, 0.29) is 34.1 Å². The number of esters is 1. The van der Waals surface area contributed by atoms with Gasteiger partial charge in [0.1, 0.15) is 16.2 Å². The number of nitrogens with zero attached hydrogens (tertiary/aromatic N) is 1. The van der Waals surface area contributed by atoms with Crippen molar-refractivity contribution < 1.29 is 36.5 Å². The number of amides is 4. The summed E-state index contributed by atoms with van der Waals surface area (Å²) in [6.45, 7) is 3.69. The number of barbiturate groups is 1. The van der Waals surface area contributed by atoms with Gasteiger partial charge in [0.25, 0.3) is 11.8 Å². The van der Waals surface area contributed by atoms with E-state index in [1.54, 1.807) is 19.1 Å². The topological polar surface area (TPSA) is 136 Å². The van der Waals surface area contributed by atoms with Crippen LogP contribution < -0.4 is 14.4 Å². The van der Waals surface area contributed by atoms with Gasteiger partial charge in [-0.3, -0.25) is 14.9 Å². The molecule has 1 saturated heterocycles. The van der Waals surface area contributed by atoms with E-state index >= 15 is 0 Å². The number of carbonyl (C=O) groups excluding carboxylic acids is 4. The Kier molecular flexibility index (Phi) is 7.40. The van der Waals surface area contributed by atoms with E-state index in [9.17, 15) is 27.6 Å². The predicted molar refractivity (Wildman–Crippen MR) is 137 cm³/mol. The van der Waals surface area contributed by atoms with E-state index < -0.39 is 33.9 Å². The molecule has 1 heterocycles. The number of ether oxygens (including phenoxy) is 1. The minimum Gasteiger partial charge on any atom is -0.462 e. The number of urea groups is 1. The van der Waals surface area contributed by atoms with Gasteiger partial charge in [-0.2, -0.15) is 8.42 Å². The van der Waals surface area contributed by atoms with E-state index in [4.69, 9.17) is 8.92 Å². The van der Waals surface area contributed by atoms with Gasteiger partial charge < -0.3 is 8.92 Å². The summed E-state index contributed by atoms with van der Waals surface area (Å²) in [6, 6.07) is 16.5. The summed E-state index contributed by atoms with van der Waals surface area (Å²) in [7, 11) is -4.05. The second kappa shape index (κ2) is 10.7. The zero-order chi connectivity index (χ0) is 27.4. The van der Waals surface area contributed by atoms with Crippen molar-refractivity contribution in [2.24, 2.45) is 0 Å². The van der Waals surface area contributed by atoms with Crippen LogP contribution in [0, 0.1) is 6.92 Å². The highest BCUT2D eigenvalue weighted by Gasteiger charge is 2.36. The molecule has 0 saturated carbocycles. The second-order valence-corrected chi connectivity index (χ2v) is 9.69. The van der Waals surface area contributed by atoms with Gasteiger partial charge in [0.15, 0.2) is 0 Å². The van der Waals surface area contributed by atoms with Crippen LogP contribution in [0.4, 0.5) is 10.5 Å². The molecule has 0 aromatic heterocycles. The van der Waals surface area contributed by atoms with Crippen LogP contribution in [0.25, 0.3) is 6.08 Å². The molecule has 0 bridgehead atoms. The van der Waals surface area contributed by atoms with Gasteiger partial charge in [0, 0.05) is 0 Å². The zero-order valence-electron chi connectivity index (χ0n) is 20.3. The molecule has 1 fully saturated rings. The molecule has 1 aliphatic heterocycles. The van der Waals surface area contributed by atoms with Gasteiger partial charge in [-0.25, -0.2) is 14.5 Å². The normalized spacial score (nSPS) is 14.8. The molecule has 3 aromatic rings. The third kappa shape index (κ3) is 5.62. The number of benzene rings is 3. The summed E-state index contributed by atoms with van der Waals surface area (Å²) in [5, 5.41) is 2.11. The summed E-state index contributed by atoms with van der Waals surface area (Å²) in [5.74, 6) is -2.28. The predicted octanol–water partition coefficient (Wildman–Crippen LogP) is 3.61. The molecule has 11 heteroatoms. The van der Waals surface area contributed by atoms with Crippen LogP contribution >= 0.6 is 0 Å². The van der Waals surface area contributed by atoms with Crippen LogP contribution in [0.3, 0.4) is 0 Å². The molecule has 0 aliphatic carbocycles. The number of carbonyl (C=O) groups is 4. The number of nitrogens with one attached hydrogen (secondary N) is 1. The molecule has 1 N–H and O–H groups in total. The standard InChI is InChI=1S/C27H22N2O8S/c1-3-36-26(32)19-8-10-20(11-9-19)29-25(31)23(24(30)28-27(29)33)16-18-6-12-21(13-7-18)37-38(34,35)22-14-4-17(2)5-15-22/h4-16H,3H2,1-2H3,(H,28,30,33)/b23-16+. The molecule has 3 aromatic carbocycles. The lowest BCUT2D eigenvalue weighted by molar-refractivity contribution is -0.122. The molecule has 1 aliphatic rings. The van der Waals surface area contributed by atoms with Crippen molar-refractivity contribution in [1.82, 2.24) is 5.32 Å². The molecule has 4 amide bonds. The average Bonchev–Trinajstić information content (AvgIpc) is 2.88. The van der Waals surface area contributed by atoms with Gasteiger partial charge in [-0.15, -0.1) is 0 Å². The number of anilines is 1. The summed E-state index contributed by atoms with van der Waals surface area (Å²) in [5.41, 5.74) is 1.34. The van der Waals surface area contributed by atoms with Crippen LogP contribution in [0.2, 0.25) is 0 Å². The third-order valence-electron chi connectivity index (χ3n) is 5.45. The lowest BCUT2D eigenvalue weighted by Gasteiger charge is -2.26. The zero-order valence-corrected chi connectivity index (χ0v) is 21.2. The maximum Gasteiger partial charge on any atom is 0.339 e.